The molecule has 0 radical (unpaired) electrons. The maximum Gasteiger partial charge on any atom is 0.434 e. The van der Waals surface area contributed by atoms with Crippen molar-refractivity contribution in [3.63, 3.8) is 0 Å². The largest absolute Gasteiger partial charge is 0.469 e. The van der Waals surface area contributed by atoms with E-state index in [2.05, 4.69) is 4.74 Å². The zero-order valence-corrected chi connectivity index (χ0v) is 9.10. The zero-order valence-electron chi connectivity index (χ0n) is 9.10. The molecule has 0 bridgehead atoms. The molecule has 0 spiro atoms. The molecule has 0 atom stereocenters. The van der Waals surface area contributed by atoms with Crippen molar-refractivity contribution in [1.29, 1.82) is 0 Å². The summed E-state index contributed by atoms with van der Waals surface area (Å²) in [4.78, 5) is 0. The molecule has 0 aromatic rings. The minimum atomic E-state index is -6.33. The molecule has 1 nitrogen and oxygen atoms in total. The molecule has 0 saturated heterocycles. The Morgan fingerprint density at radius 3 is 1.43 bits per heavy atom. The molecule has 0 heterocycles. The third-order valence-corrected chi connectivity index (χ3v) is 2.27. The number of halogens is 12. The summed E-state index contributed by atoms with van der Waals surface area (Å²) >= 11 is 0. The minimum Gasteiger partial charge on any atom is -0.469 e. The van der Waals surface area contributed by atoms with Crippen LogP contribution in [0.1, 0.15) is 0 Å². The summed E-state index contributed by atoms with van der Waals surface area (Å²) in [5.41, 5.74) is 0. The number of ether oxygens (including phenoxy) is 1. The maximum atomic E-state index is 12.9. The van der Waals surface area contributed by atoms with Crippen LogP contribution >= 0.6 is 0 Å². The Kier molecular flexibility index (Phi) is 3.68. The van der Waals surface area contributed by atoms with E-state index >= 15 is 0 Å². The number of alkyl halides is 12. The van der Waals surface area contributed by atoms with Crippen LogP contribution in [0.15, 0.2) is 11.8 Å². The Bertz CT molecular complexity index is 427. The predicted octanol–water partition coefficient (Wildman–Crippen LogP) is 4.30. The third kappa shape index (κ3) is 2.73. The summed E-state index contributed by atoms with van der Waals surface area (Å²) in [6.45, 7) is 0. The second-order valence-corrected chi connectivity index (χ2v) is 3.86. The predicted molar refractivity (Wildman–Crippen MR) is 39.9 cm³/mol. The van der Waals surface area contributed by atoms with Gasteiger partial charge in [-0.25, -0.2) is 0 Å². The van der Waals surface area contributed by atoms with Crippen LogP contribution in [0.4, 0.5) is 52.7 Å². The maximum absolute atomic E-state index is 12.9. The van der Waals surface area contributed by atoms with E-state index < -0.39 is 48.1 Å². The third-order valence-electron chi connectivity index (χ3n) is 2.27. The van der Waals surface area contributed by atoms with Crippen molar-refractivity contribution in [2.24, 2.45) is 0 Å². The Morgan fingerprint density at radius 2 is 1.19 bits per heavy atom. The van der Waals surface area contributed by atoms with Crippen molar-refractivity contribution in [2.45, 2.75) is 36.2 Å². The molecule has 0 N–H and O–H groups in total. The van der Waals surface area contributed by atoms with Crippen LogP contribution in [0.5, 0.6) is 0 Å². The van der Waals surface area contributed by atoms with Crippen LogP contribution in [-0.2, 0) is 4.74 Å². The molecule has 0 aliphatic heterocycles. The molecule has 0 amide bonds. The molecule has 0 unspecified atom stereocenters. The molecular formula is C8H2F12O. The summed E-state index contributed by atoms with van der Waals surface area (Å²) < 4.78 is 151. The van der Waals surface area contributed by atoms with Gasteiger partial charge in [0, 0.05) is 6.08 Å². The molecular weight excluding hydrogens is 340 g/mol. The topological polar surface area (TPSA) is 9.23 Å². The lowest BCUT2D eigenvalue weighted by atomic mass is 10.1. The average Bonchev–Trinajstić information content (AvgIpc) is 2.29. The highest BCUT2D eigenvalue weighted by atomic mass is 19.4. The number of hydrogen-bond acceptors (Lipinski definition) is 1. The molecule has 1 rings (SSSR count). The van der Waals surface area contributed by atoms with Gasteiger partial charge in [-0.3, -0.25) is 0 Å². The van der Waals surface area contributed by atoms with Crippen molar-refractivity contribution >= 4 is 0 Å². The molecule has 21 heavy (non-hydrogen) atoms. The van der Waals surface area contributed by atoms with Gasteiger partial charge in [0.05, 0.1) is 0 Å². The van der Waals surface area contributed by atoms with E-state index in [1.807, 2.05) is 0 Å². The highest BCUT2D eigenvalue weighted by molar-refractivity contribution is 5.29. The van der Waals surface area contributed by atoms with Crippen molar-refractivity contribution in [3.8, 4) is 0 Å². The molecule has 0 aromatic carbocycles. The van der Waals surface area contributed by atoms with E-state index in [9.17, 15) is 52.7 Å². The van der Waals surface area contributed by atoms with E-state index in [-0.39, 0.29) is 0 Å². The monoisotopic (exact) mass is 342 g/mol. The molecule has 0 fully saturated rings. The quantitative estimate of drug-likeness (QED) is 0.680. The summed E-state index contributed by atoms with van der Waals surface area (Å²) in [5, 5.41) is 0. The first-order valence-corrected chi connectivity index (χ1v) is 4.61. The lowest BCUT2D eigenvalue weighted by Crippen LogP contribution is -2.50. The lowest BCUT2D eigenvalue weighted by molar-refractivity contribution is -0.325. The molecule has 1 aliphatic rings. The fourth-order valence-electron chi connectivity index (χ4n) is 1.26. The van der Waals surface area contributed by atoms with Gasteiger partial charge >= 0.3 is 30.1 Å². The van der Waals surface area contributed by atoms with Gasteiger partial charge in [0.2, 0.25) is 0 Å². The normalized spacial score (nSPS) is 24.1. The van der Waals surface area contributed by atoms with Crippen molar-refractivity contribution in [2.75, 3.05) is 0 Å². The highest BCUT2D eigenvalue weighted by Gasteiger charge is 2.79. The van der Waals surface area contributed by atoms with Crippen LogP contribution < -0.4 is 0 Å². The standard InChI is InChI=1S/C8H2F12O/c9-4(10)1-2(5(11,12)8(4,19)20)21-3(6(13,14)15)7(16,17)18/h1,3H. The van der Waals surface area contributed by atoms with Crippen LogP contribution in [-0.4, -0.2) is 36.2 Å². The zero-order chi connectivity index (χ0) is 17.1. The number of rotatable bonds is 2. The van der Waals surface area contributed by atoms with Gasteiger partial charge in [-0.15, -0.1) is 0 Å². The van der Waals surface area contributed by atoms with E-state index in [0.29, 0.717) is 0 Å². The van der Waals surface area contributed by atoms with E-state index in [4.69, 9.17) is 0 Å². The van der Waals surface area contributed by atoms with Crippen LogP contribution in [0, 0.1) is 0 Å². The Morgan fingerprint density at radius 1 is 0.810 bits per heavy atom. The first kappa shape index (κ1) is 17.8. The Hall–Kier alpha value is -1.30. The van der Waals surface area contributed by atoms with Crippen molar-refractivity contribution in [3.05, 3.63) is 11.8 Å². The first-order valence-electron chi connectivity index (χ1n) is 4.61. The Labute approximate surface area is 107 Å². The van der Waals surface area contributed by atoms with Crippen LogP contribution in [0.25, 0.3) is 0 Å². The second-order valence-electron chi connectivity index (χ2n) is 3.86. The summed E-state index contributed by atoms with van der Waals surface area (Å²) in [5.74, 6) is -21.0. The second kappa shape index (κ2) is 4.35. The SMILES string of the molecule is FC(F)(F)C(OC1=CC(F)(F)C(F)(F)C1(F)F)C(F)(F)F. The smallest absolute Gasteiger partial charge is 0.434 e. The average molecular weight is 342 g/mol. The van der Waals surface area contributed by atoms with Crippen molar-refractivity contribution < 1.29 is 57.4 Å². The molecule has 124 valence electrons. The van der Waals surface area contributed by atoms with Gasteiger partial charge in [-0.05, 0) is 0 Å². The molecule has 1 aliphatic carbocycles. The van der Waals surface area contributed by atoms with E-state index in [1.54, 1.807) is 0 Å². The van der Waals surface area contributed by atoms with Gasteiger partial charge in [0.15, 0.2) is 5.76 Å². The minimum absolute atomic E-state index is 1.46. The van der Waals surface area contributed by atoms with E-state index in [0.717, 1.165) is 0 Å². The van der Waals surface area contributed by atoms with Gasteiger partial charge in [0.1, 0.15) is 0 Å². The number of allylic oxidation sites excluding steroid dienone is 2. The lowest BCUT2D eigenvalue weighted by Gasteiger charge is -2.28. The van der Waals surface area contributed by atoms with Gasteiger partial charge in [0.25, 0.3) is 6.10 Å². The molecule has 0 saturated carbocycles. The van der Waals surface area contributed by atoms with Crippen LogP contribution in [0.2, 0.25) is 0 Å². The fourth-order valence-corrected chi connectivity index (χ4v) is 1.26. The summed E-state index contributed by atoms with van der Waals surface area (Å²) in [6, 6.07) is 0. The van der Waals surface area contributed by atoms with Gasteiger partial charge in [-0.2, -0.15) is 52.7 Å². The fraction of sp³-hybridized carbons (Fsp3) is 0.750. The first-order chi connectivity index (χ1) is 8.94. The van der Waals surface area contributed by atoms with Gasteiger partial charge in [-0.1, -0.05) is 0 Å². The molecule has 13 heteroatoms. The van der Waals surface area contributed by atoms with Crippen LogP contribution in [0.3, 0.4) is 0 Å². The summed E-state index contributed by atoms with van der Waals surface area (Å²) in [6.07, 6.45) is -19.1. The van der Waals surface area contributed by atoms with Gasteiger partial charge < -0.3 is 4.74 Å². The Balaban J connectivity index is 3.23. The number of hydrogen-bond donors (Lipinski definition) is 0. The summed E-state index contributed by atoms with van der Waals surface area (Å²) in [7, 11) is 0. The molecule has 0 aromatic heterocycles. The van der Waals surface area contributed by atoms with E-state index in [1.165, 1.54) is 0 Å². The highest BCUT2D eigenvalue weighted by Crippen LogP contribution is 2.56. The van der Waals surface area contributed by atoms with Crippen molar-refractivity contribution in [1.82, 2.24) is 0 Å².